The summed E-state index contributed by atoms with van der Waals surface area (Å²) in [5, 5.41) is 12.6. The van der Waals surface area contributed by atoms with Crippen LogP contribution in [0.5, 0.6) is 17.2 Å². The number of amides is 2. The van der Waals surface area contributed by atoms with Gasteiger partial charge < -0.3 is 29.4 Å². The maximum Gasteiger partial charge on any atom is 0.407 e. The van der Waals surface area contributed by atoms with Crippen molar-refractivity contribution in [2.75, 3.05) is 32.3 Å². The third-order valence-corrected chi connectivity index (χ3v) is 6.48. The lowest BCUT2D eigenvalue weighted by Crippen LogP contribution is -2.38. The van der Waals surface area contributed by atoms with Crippen molar-refractivity contribution in [2.24, 2.45) is 0 Å². The number of hydrogen-bond donors (Lipinski definition) is 2. The van der Waals surface area contributed by atoms with Crippen LogP contribution in [0.4, 0.5) is 14.9 Å². The van der Waals surface area contributed by atoms with Crippen LogP contribution in [-0.2, 0) is 16.0 Å². The number of benzene rings is 2. The van der Waals surface area contributed by atoms with Crippen LogP contribution in [0.15, 0.2) is 30.3 Å². The Balaban J connectivity index is 1.49. The summed E-state index contributed by atoms with van der Waals surface area (Å²) in [5.74, 6) is 0.0267. The summed E-state index contributed by atoms with van der Waals surface area (Å²) in [6, 6.07) is 8.10. The van der Waals surface area contributed by atoms with E-state index >= 15 is 0 Å². The van der Waals surface area contributed by atoms with E-state index in [1.54, 1.807) is 31.2 Å². The molecule has 38 heavy (non-hydrogen) atoms. The number of methoxy groups -OCH3 is 1. The molecule has 2 amide bonds. The zero-order chi connectivity index (χ0) is 27.4. The van der Waals surface area contributed by atoms with Crippen molar-refractivity contribution in [1.82, 2.24) is 4.90 Å². The van der Waals surface area contributed by atoms with E-state index in [2.05, 4.69) is 5.32 Å². The first kappa shape index (κ1) is 27.0. The highest BCUT2D eigenvalue weighted by Gasteiger charge is 2.37. The number of nitrogens with one attached hydrogen (secondary N) is 1. The number of halogens is 1. The molecule has 2 aliphatic rings. The van der Waals surface area contributed by atoms with Crippen molar-refractivity contribution in [3.05, 3.63) is 47.0 Å². The largest absolute Gasteiger partial charge is 0.490 e. The molecule has 0 unspecified atom stereocenters. The second-order valence-electron chi connectivity index (χ2n) is 9.45. The number of anilines is 1. The fourth-order valence-electron chi connectivity index (χ4n) is 4.63. The molecule has 0 spiro atoms. The van der Waals surface area contributed by atoms with E-state index in [0.29, 0.717) is 36.3 Å². The Morgan fingerprint density at radius 2 is 1.97 bits per heavy atom. The molecule has 0 bridgehead atoms. The molecule has 2 aliphatic heterocycles. The number of carbonyl (C=O) groups excluding carboxylic acids is 2. The van der Waals surface area contributed by atoms with Crippen LogP contribution in [0.1, 0.15) is 41.3 Å². The van der Waals surface area contributed by atoms with Gasteiger partial charge in [-0.05, 0) is 49.6 Å². The van der Waals surface area contributed by atoms with Gasteiger partial charge in [-0.15, -0.1) is 0 Å². The summed E-state index contributed by atoms with van der Waals surface area (Å²) < 4.78 is 35.6. The minimum absolute atomic E-state index is 0.00202. The van der Waals surface area contributed by atoms with Gasteiger partial charge in [0.2, 0.25) is 5.91 Å². The summed E-state index contributed by atoms with van der Waals surface area (Å²) in [4.78, 5) is 37.5. The third-order valence-electron chi connectivity index (χ3n) is 6.48. The number of alkyl halides is 1. The highest BCUT2D eigenvalue weighted by molar-refractivity contribution is 5.96. The SMILES string of the molecule is COC(=O)c1c(OC[C@H]2C[C@H](Oc3ccc4c(c3)NC(=O)CC4)CN2C(=O)O)cc(C)cc1O[C@@H](C)CF. The normalized spacial score (nSPS) is 19.3. The number of fused-ring (bicyclic) bond motifs is 1. The first-order valence-corrected chi connectivity index (χ1v) is 12.4. The molecule has 1 fully saturated rings. The van der Waals surface area contributed by atoms with Crippen LogP contribution in [0.2, 0.25) is 0 Å². The molecule has 2 N–H and O–H groups in total. The fraction of sp³-hybridized carbons (Fsp3) is 0.444. The molecule has 0 aromatic heterocycles. The van der Waals surface area contributed by atoms with Gasteiger partial charge in [-0.1, -0.05) is 6.07 Å². The van der Waals surface area contributed by atoms with Crippen LogP contribution >= 0.6 is 0 Å². The Morgan fingerprint density at radius 1 is 1.21 bits per heavy atom. The lowest BCUT2D eigenvalue weighted by atomic mass is 10.0. The minimum Gasteiger partial charge on any atom is -0.490 e. The number of aryl methyl sites for hydroxylation is 2. The number of rotatable bonds is 9. The number of carbonyl (C=O) groups is 3. The van der Waals surface area contributed by atoms with Crippen molar-refractivity contribution >= 4 is 23.7 Å². The standard InChI is InChI=1S/C27H31FN2O8/c1-15-8-22(25(26(32)35-3)23(9-15)37-16(2)12-28)36-14-18-10-20(13-30(18)27(33)34)38-19-6-4-17-5-7-24(31)29-21(17)11-19/h4,6,8-9,11,16,18,20H,5,7,10,12-14H2,1-3H3,(H,29,31)(H,33,34)/t16-,18+,20-/m0/s1. The Labute approximate surface area is 219 Å². The van der Waals surface area contributed by atoms with E-state index in [1.165, 1.54) is 18.9 Å². The molecule has 0 aliphatic carbocycles. The van der Waals surface area contributed by atoms with E-state index in [0.717, 1.165) is 5.56 Å². The number of likely N-dealkylation sites (tertiary alicyclic amines) is 1. The second kappa shape index (κ2) is 11.6. The first-order chi connectivity index (χ1) is 18.2. The van der Waals surface area contributed by atoms with Gasteiger partial charge in [0.05, 0.1) is 19.7 Å². The summed E-state index contributed by atoms with van der Waals surface area (Å²) in [7, 11) is 1.21. The summed E-state index contributed by atoms with van der Waals surface area (Å²) in [5.41, 5.74) is 2.42. The molecule has 2 aromatic carbocycles. The molecule has 204 valence electrons. The van der Waals surface area contributed by atoms with E-state index < -0.39 is 37.0 Å². The fourth-order valence-corrected chi connectivity index (χ4v) is 4.63. The van der Waals surface area contributed by atoms with Crippen LogP contribution in [0.25, 0.3) is 0 Å². The Morgan fingerprint density at radius 3 is 2.68 bits per heavy atom. The zero-order valence-corrected chi connectivity index (χ0v) is 21.5. The average molecular weight is 531 g/mol. The topological polar surface area (TPSA) is 124 Å². The van der Waals surface area contributed by atoms with Crippen LogP contribution in [0, 0.1) is 6.92 Å². The molecule has 0 radical (unpaired) electrons. The number of ether oxygens (including phenoxy) is 4. The summed E-state index contributed by atoms with van der Waals surface area (Å²) >= 11 is 0. The van der Waals surface area contributed by atoms with Gasteiger partial charge in [-0.2, -0.15) is 0 Å². The van der Waals surface area contributed by atoms with E-state index in [9.17, 15) is 23.9 Å². The van der Waals surface area contributed by atoms with E-state index in [-0.39, 0.29) is 36.1 Å². The van der Waals surface area contributed by atoms with Crippen LogP contribution in [-0.4, -0.2) is 73.2 Å². The first-order valence-electron chi connectivity index (χ1n) is 12.4. The molecule has 10 nitrogen and oxygen atoms in total. The van der Waals surface area contributed by atoms with Crippen molar-refractivity contribution in [2.45, 2.75) is 51.4 Å². The zero-order valence-electron chi connectivity index (χ0n) is 21.5. The molecule has 2 heterocycles. The molecule has 11 heteroatoms. The van der Waals surface area contributed by atoms with Crippen molar-refractivity contribution in [3.8, 4) is 17.2 Å². The van der Waals surface area contributed by atoms with Gasteiger partial charge in [-0.25, -0.2) is 14.0 Å². The molecular weight excluding hydrogens is 499 g/mol. The van der Waals surface area contributed by atoms with Gasteiger partial charge in [0.1, 0.15) is 48.3 Å². The predicted octanol–water partition coefficient (Wildman–Crippen LogP) is 3.98. The van der Waals surface area contributed by atoms with Gasteiger partial charge in [0.15, 0.2) is 0 Å². The molecule has 4 rings (SSSR count). The third kappa shape index (κ3) is 6.09. The number of carboxylic acid groups (broad SMARTS) is 1. The second-order valence-corrected chi connectivity index (χ2v) is 9.45. The van der Waals surface area contributed by atoms with Crippen molar-refractivity contribution in [3.63, 3.8) is 0 Å². The van der Waals surface area contributed by atoms with Crippen molar-refractivity contribution in [1.29, 1.82) is 0 Å². The summed E-state index contributed by atoms with van der Waals surface area (Å²) in [6.45, 7) is 2.61. The summed E-state index contributed by atoms with van der Waals surface area (Å²) in [6.07, 6.45) is -0.924. The van der Waals surface area contributed by atoms with Gasteiger partial charge >= 0.3 is 12.1 Å². The smallest absolute Gasteiger partial charge is 0.407 e. The number of hydrogen-bond acceptors (Lipinski definition) is 7. The molecule has 3 atom stereocenters. The maximum atomic E-state index is 13.1. The lowest BCUT2D eigenvalue weighted by Gasteiger charge is -2.23. The maximum absolute atomic E-state index is 13.1. The van der Waals surface area contributed by atoms with Crippen LogP contribution in [0.3, 0.4) is 0 Å². The Bertz CT molecular complexity index is 1220. The monoisotopic (exact) mass is 530 g/mol. The van der Waals surface area contributed by atoms with E-state index in [4.69, 9.17) is 18.9 Å². The van der Waals surface area contributed by atoms with Crippen molar-refractivity contribution < 1.29 is 42.8 Å². The van der Waals surface area contributed by atoms with Gasteiger partial charge in [-0.3, -0.25) is 9.69 Å². The minimum atomic E-state index is -1.12. The number of esters is 1. The number of nitrogens with zero attached hydrogens (tertiary/aromatic N) is 1. The predicted molar refractivity (Wildman–Crippen MR) is 135 cm³/mol. The molecular formula is C27H31FN2O8. The van der Waals surface area contributed by atoms with E-state index in [1.807, 2.05) is 6.07 Å². The van der Waals surface area contributed by atoms with Crippen LogP contribution < -0.4 is 19.5 Å². The van der Waals surface area contributed by atoms with Gasteiger partial charge in [0, 0.05) is 24.6 Å². The highest BCUT2D eigenvalue weighted by atomic mass is 19.1. The molecule has 2 aromatic rings. The molecule has 0 saturated carbocycles. The Kier molecular flexibility index (Phi) is 8.23. The quantitative estimate of drug-likeness (QED) is 0.467. The average Bonchev–Trinajstić information content (AvgIpc) is 3.29. The Hall–Kier alpha value is -4.02. The lowest BCUT2D eigenvalue weighted by molar-refractivity contribution is -0.116. The van der Waals surface area contributed by atoms with Gasteiger partial charge in [0.25, 0.3) is 0 Å². The highest BCUT2D eigenvalue weighted by Crippen LogP contribution is 2.34. The molecule has 1 saturated heterocycles.